The minimum Gasteiger partial charge on any atom is -0.497 e. The van der Waals surface area contributed by atoms with E-state index in [1.807, 2.05) is 31.3 Å². The van der Waals surface area contributed by atoms with Crippen molar-refractivity contribution in [2.75, 3.05) is 19.1 Å². The molecule has 0 saturated carbocycles. The Morgan fingerprint density at radius 1 is 1.20 bits per heavy atom. The summed E-state index contributed by atoms with van der Waals surface area (Å²) >= 11 is 0. The summed E-state index contributed by atoms with van der Waals surface area (Å²) in [7, 11) is 3.62. The number of hydrogen-bond donors (Lipinski definition) is 0. The molecule has 0 aromatic heterocycles. The third kappa shape index (κ3) is 2.92. The predicted molar refractivity (Wildman–Crippen MR) is 81.0 cm³/mol. The molecule has 0 N–H and O–H groups in total. The first-order chi connectivity index (χ1) is 9.65. The van der Waals surface area contributed by atoms with Gasteiger partial charge in [0.1, 0.15) is 11.8 Å². The molecule has 102 valence electrons. The summed E-state index contributed by atoms with van der Waals surface area (Å²) in [5.41, 5.74) is 4.04. The second-order valence-electron chi connectivity index (χ2n) is 4.78. The first-order valence-electron chi connectivity index (χ1n) is 6.49. The van der Waals surface area contributed by atoms with E-state index in [4.69, 9.17) is 4.74 Å². The highest BCUT2D eigenvalue weighted by Crippen LogP contribution is 2.26. The fourth-order valence-corrected chi connectivity index (χ4v) is 2.18. The number of methoxy groups -OCH3 is 1. The smallest absolute Gasteiger partial charge is 0.121 e. The molecule has 0 heterocycles. The molecule has 0 aliphatic rings. The SMILES string of the molecule is COc1ccc(C#N)c(N(C)Cc2ccccc2C)c1. The van der Waals surface area contributed by atoms with Crippen molar-refractivity contribution in [2.24, 2.45) is 0 Å². The van der Waals surface area contributed by atoms with Crippen molar-refractivity contribution in [2.45, 2.75) is 13.5 Å². The van der Waals surface area contributed by atoms with Gasteiger partial charge in [0.15, 0.2) is 0 Å². The summed E-state index contributed by atoms with van der Waals surface area (Å²) in [6, 6.07) is 16.0. The lowest BCUT2D eigenvalue weighted by atomic mass is 10.1. The highest BCUT2D eigenvalue weighted by atomic mass is 16.5. The van der Waals surface area contributed by atoms with E-state index in [-0.39, 0.29) is 0 Å². The largest absolute Gasteiger partial charge is 0.497 e. The van der Waals surface area contributed by atoms with Crippen molar-refractivity contribution in [3.8, 4) is 11.8 Å². The van der Waals surface area contributed by atoms with E-state index in [0.29, 0.717) is 5.56 Å². The molecule has 0 unspecified atom stereocenters. The lowest BCUT2D eigenvalue weighted by Crippen LogP contribution is -2.18. The molecule has 2 rings (SSSR count). The molecular weight excluding hydrogens is 248 g/mol. The summed E-state index contributed by atoms with van der Waals surface area (Å²) in [6.45, 7) is 2.86. The summed E-state index contributed by atoms with van der Waals surface area (Å²) in [5.74, 6) is 0.760. The first kappa shape index (κ1) is 14.0. The minimum atomic E-state index is 0.655. The van der Waals surface area contributed by atoms with Crippen LogP contribution >= 0.6 is 0 Å². The number of aryl methyl sites for hydroxylation is 1. The molecule has 3 heteroatoms. The van der Waals surface area contributed by atoms with E-state index in [1.54, 1.807) is 13.2 Å². The van der Waals surface area contributed by atoms with Crippen LogP contribution in [0.3, 0.4) is 0 Å². The van der Waals surface area contributed by atoms with E-state index >= 15 is 0 Å². The lowest BCUT2D eigenvalue weighted by molar-refractivity contribution is 0.415. The minimum absolute atomic E-state index is 0.655. The Morgan fingerprint density at radius 3 is 2.60 bits per heavy atom. The van der Waals surface area contributed by atoms with Crippen LogP contribution in [-0.2, 0) is 6.54 Å². The van der Waals surface area contributed by atoms with Crippen LogP contribution < -0.4 is 9.64 Å². The third-order valence-corrected chi connectivity index (χ3v) is 3.41. The number of rotatable bonds is 4. The zero-order chi connectivity index (χ0) is 14.5. The van der Waals surface area contributed by atoms with Gasteiger partial charge in [0, 0.05) is 19.7 Å². The second-order valence-corrected chi connectivity index (χ2v) is 4.78. The second kappa shape index (κ2) is 6.12. The summed E-state index contributed by atoms with van der Waals surface area (Å²) in [6.07, 6.45) is 0. The molecule has 0 amide bonds. The Labute approximate surface area is 120 Å². The maximum Gasteiger partial charge on any atom is 0.121 e. The molecule has 0 aliphatic heterocycles. The van der Waals surface area contributed by atoms with Crippen LogP contribution in [0, 0.1) is 18.3 Å². The van der Waals surface area contributed by atoms with Crippen molar-refractivity contribution in [3.63, 3.8) is 0 Å². The molecular formula is C17H18N2O. The number of hydrogen-bond acceptors (Lipinski definition) is 3. The molecule has 0 fully saturated rings. The van der Waals surface area contributed by atoms with Gasteiger partial charge in [-0.25, -0.2) is 0 Å². The van der Waals surface area contributed by atoms with Crippen LogP contribution in [0.4, 0.5) is 5.69 Å². The van der Waals surface area contributed by atoms with Gasteiger partial charge in [0.25, 0.3) is 0 Å². The maximum absolute atomic E-state index is 9.23. The third-order valence-electron chi connectivity index (χ3n) is 3.41. The quantitative estimate of drug-likeness (QED) is 0.849. The van der Waals surface area contributed by atoms with Crippen molar-refractivity contribution in [1.82, 2.24) is 0 Å². The van der Waals surface area contributed by atoms with Crippen LogP contribution in [0.5, 0.6) is 5.75 Å². The molecule has 0 aliphatic carbocycles. The van der Waals surface area contributed by atoms with Crippen molar-refractivity contribution >= 4 is 5.69 Å². The molecule has 2 aromatic rings. The summed E-state index contributed by atoms with van der Waals surface area (Å²) in [5, 5.41) is 9.23. The lowest BCUT2D eigenvalue weighted by Gasteiger charge is -2.22. The molecule has 0 bridgehead atoms. The van der Waals surface area contributed by atoms with Gasteiger partial charge in [-0.3, -0.25) is 0 Å². The van der Waals surface area contributed by atoms with E-state index in [2.05, 4.69) is 30.0 Å². The molecule has 3 nitrogen and oxygen atoms in total. The highest BCUT2D eigenvalue weighted by Gasteiger charge is 2.10. The Bertz CT molecular complexity index is 644. The normalized spacial score (nSPS) is 9.90. The van der Waals surface area contributed by atoms with Crippen molar-refractivity contribution in [1.29, 1.82) is 5.26 Å². The van der Waals surface area contributed by atoms with E-state index in [1.165, 1.54) is 11.1 Å². The van der Waals surface area contributed by atoms with Crippen LogP contribution in [-0.4, -0.2) is 14.2 Å². The first-order valence-corrected chi connectivity index (χ1v) is 6.49. The fraction of sp³-hybridized carbons (Fsp3) is 0.235. The molecule has 2 aromatic carbocycles. The van der Waals surface area contributed by atoms with Gasteiger partial charge in [-0.1, -0.05) is 24.3 Å². The maximum atomic E-state index is 9.23. The zero-order valence-corrected chi connectivity index (χ0v) is 12.1. The monoisotopic (exact) mass is 266 g/mol. The summed E-state index contributed by atoms with van der Waals surface area (Å²) in [4.78, 5) is 2.07. The number of nitrogens with zero attached hydrogens (tertiary/aromatic N) is 2. The number of anilines is 1. The van der Waals surface area contributed by atoms with Gasteiger partial charge in [-0.2, -0.15) is 5.26 Å². The molecule has 20 heavy (non-hydrogen) atoms. The Hall–Kier alpha value is -2.47. The standard InChI is InChI=1S/C17H18N2O/c1-13-6-4-5-7-15(13)12-19(2)17-10-16(20-3)9-8-14(17)11-18/h4-10H,12H2,1-3H3. The molecule has 0 saturated heterocycles. The van der Waals surface area contributed by atoms with Gasteiger partial charge >= 0.3 is 0 Å². The molecule has 0 spiro atoms. The van der Waals surface area contributed by atoms with E-state index in [9.17, 15) is 5.26 Å². The topological polar surface area (TPSA) is 36.3 Å². The Morgan fingerprint density at radius 2 is 1.95 bits per heavy atom. The average Bonchev–Trinajstić information content (AvgIpc) is 2.48. The summed E-state index contributed by atoms with van der Waals surface area (Å²) < 4.78 is 5.24. The van der Waals surface area contributed by atoms with Gasteiger partial charge in [0.05, 0.1) is 18.4 Å². The van der Waals surface area contributed by atoms with Crippen LogP contribution in [0.2, 0.25) is 0 Å². The van der Waals surface area contributed by atoms with Crippen LogP contribution in [0.15, 0.2) is 42.5 Å². The zero-order valence-electron chi connectivity index (χ0n) is 12.1. The Balaban J connectivity index is 2.31. The van der Waals surface area contributed by atoms with E-state index < -0.39 is 0 Å². The van der Waals surface area contributed by atoms with Gasteiger partial charge in [-0.05, 0) is 30.2 Å². The Kier molecular flexibility index (Phi) is 4.27. The number of ether oxygens (including phenoxy) is 1. The average molecular weight is 266 g/mol. The van der Waals surface area contributed by atoms with Gasteiger partial charge in [-0.15, -0.1) is 0 Å². The van der Waals surface area contributed by atoms with Crippen LogP contribution in [0.25, 0.3) is 0 Å². The fourth-order valence-electron chi connectivity index (χ4n) is 2.18. The van der Waals surface area contributed by atoms with Gasteiger partial charge < -0.3 is 9.64 Å². The van der Waals surface area contributed by atoms with Gasteiger partial charge in [0.2, 0.25) is 0 Å². The molecule has 0 radical (unpaired) electrons. The van der Waals surface area contributed by atoms with E-state index in [0.717, 1.165) is 18.0 Å². The van der Waals surface area contributed by atoms with Crippen molar-refractivity contribution in [3.05, 3.63) is 59.2 Å². The van der Waals surface area contributed by atoms with Crippen LogP contribution in [0.1, 0.15) is 16.7 Å². The van der Waals surface area contributed by atoms with Crippen molar-refractivity contribution < 1.29 is 4.74 Å². The highest BCUT2D eigenvalue weighted by molar-refractivity contribution is 5.62. The predicted octanol–water partition coefficient (Wildman–Crippen LogP) is 3.51. The molecule has 0 atom stereocenters. The number of nitriles is 1. The number of benzene rings is 2.